The number of benzene rings is 1. The fourth-order valence-corrected chi connectivity index (χ4v) is 1.99. The van der Waals surface area contributed by atoms with Crippen LogP contribution < -0.4 is 0 Å². The number of carbonyl (C=O) groups excluding carboxylic acids is 2. The van der Waals surface area contributed by atoms with Gasteiger partial charge in [-0.05, 0) is 19.1 Å². The van der Waals surface area contributed by atoms with Gasteiger partial charge in [-0.2, -0.15) is 0 Å². The van der Waals surface area contributed by atoms with Crippen molar-refractivity contribution in [2.75, 3.05) is 13.7 Å². The monoisotopic (exact) mass is 263 g/mol. The minimum atomic E-state index is -1.22. The average Bonchev–Trinajstić information content (AvgIpc) is 2.59. The van der Waals surface area contributed by atoms with Crippen LogP contribution in [0.5, 0.6) is 0 Å². The predicted molar refractivity (Wildman–Crippen MR) is 65.0 cm³/mol. The molecule has 0 aromatic heterocycles. The number of imide groups is 1. The van der Waals surface area contributed by atoms with Crippen LogP contribution in [-0.2, 0) is 9.53 Å². The highest BCUT2D eigenvalue weighted by Crippen LogP contribution is 2.24. The molecule has 0 saturated heterocycles. The molecule has 1 atom stereocenters. The molecular formula is C13H13NO5. The second-order valence-electron chi connectivity index (χ2n) is 4.33. The van der Waals surface area contributed by atoms with Gasteiger partial charge in [0.2, 0.25) is 0 Å². The number of carboxylic acid groups (broad SMARTS) is 1. The normalized spacial score (nSPS) is 15.6. The lowest BCUT2D eigenvalue weighted by Gasteiger charge is -2.18. The number of carboxylic acids is 1. The largest absolute Gasteiger partial charge is 0.479 e. The number of amides is 2. The van der Waals surface area contributed by atoms with E-state index >= 15 is 0 Å². The molecule has 0 bridgehead atoms. The van der Waals surface area contributed by atoms with E-state index in [1.165, 1.54) is 7.11 Å². The van der Waals surface area contributed by atoms with Crippen LogP contribution in [0.4, 0.5) is 0 Å². The molecule has 6 nitrogen and oxygen atoms in total. The molecule has 6 heteroatoms. The summed E-state index contributed by atoms with van der Waals surface area (Å²) in [5.74, 6) is -2.18. The minimum Gasteiger partial charge on any atom is -0.479 e. The Morgan fingerprint density at radius 2 is 1.95 bits per heavy atom. The molecule has 2 rings (SSSR count). The van der Waals surface area contributed by atoms with Crippen molar-refractivity contribution in [3.63, 3.8) is 0 Å². The topological polar surface area (TPSA) is 83.9 Å². The van der Waals surface area contributed by atoms with Gasteiger partial charge in [0.15, 0.2) is 6.10 Å². The van der Waals surface area contributed by atoms with Crippen LogP contribution in [-0.4, -0.2) is 47.5 Å². The molecule has 1 unspecified atom stereocenters. The van der Waals surface area contributed by atoms with Gasteiger partial charge in [0.1, 0.15) is 0 Å². The first-order valence-corrected chi connectivity index (χ1v) is 5.68. The zero-order chi connectivity index (χ0) is 14.2. The summed E-state index contributed by atoms with van der Waals surface area (Å²) in [5, 5.41) is 8.89. The molecule has 100 valence electrons. The number of hydrogen-bond donors (Lipinski definition) is 1. The van der Waals surface area contributed by atoms with E-state index in [0.717, 1.165) is 10.5 Å². The molecule has 1 aliphatic rings. The van der Waals surface area contributed by atoms with Crippen molar-refractivity contribution in [1.29, 1.82) is 0 Å². The third-order valence-electron chi connectivity index (χ3n) is 3.03. The van der Waals surface area contributed by atoms with Crippen LogP contribution in [0.3, 0.4) is 0 Å². The molecule has 1 aromatic rings. The van der Waals surface area contributed by atoms with Gasteiger partial charge < -0.3 is 9.84 Å². The first-order chi connectivity index (χ1) is 8.95. The molecule has 0 radical (unpaired) electrons. The smallest absolute Gasteiger partial charge is 0.334 e. The maximum atomic E-state index is 12.1. The molecule has 1 N–H and O–H groups in total. The summed E-state index contributed by atoms with van der Waals surface area (Å²) in [6, 6.07) is 4.93. The van der Waals surface area contributed by atoms with Crippen LogP contribution in [0.2, 0.25) is 0 Å². The summed E-state index contributed by atoms with van der Waals surface area (Å²) < 4.78 is 4.75. The molecule has 0 fully saturated rings. The molecule has 0 aliphatic carbocycles. The van der Waals surface area contributed by atoms with Crippen molar-refractivity contribution in [2.24, 2.45) is 0 Å². The second kappa shape index (κ2) is 4.81. The summed E-state index contributed by atoms with van der Waals surface area (Å²) in [7, 11) is 1.22. The van der Waals surface area contributed by atoms with E-state index in [-0.39, 0.29) is 6.54 Å². The van der Waals surface area contributed by atoms with E-state index in [4.69, 9.17) is 9.84 Å². The highest BCUT2D eigenvalue weighted by Gasteiger charge is 2.38. The van der Waals surface area contributed by atoms with Gasteiger partial charge in [0, 0.05) is 7.11 Å². The fourth-order valence-electron chi connectivity index (χ4n) is 1.99. The van der Waals surface area contributed by atoms with Crippen molar-refractivity contribution in [2.45, 2.75) is 13.0 Å². The summed E-state index contributed by atoms with van der Waals surface area (Å²) >= 11 is 0. The Bertz CT molecular complexity index is 566. The van der Waals surface area contributed by atoms with Crippen LogP contribution in [0.25, 0.3) is 0 Å². The third-order valence-corrected chi connectivity index (χ3v) is 3.03. The Kier molecular flexibility index (Phi) is 3.35. The number of nitrogens with zero attached hydrogens (tertiary/aromatic N) is 1. The van der Waals surface area contributed by atoms with Crippen molar-refractivity contribution < 1.29 is 24.2 Å². The molecule has 1 aromatic carbocycles. The number of hydrogen-bond acceptors (Lipinski definition) is 4. The van der Waals surface area contributed by atoms with Gasteiger partial charge in [-0.15, -0.1) is 0 Å². The van der Waals surface area contributed by atoms with Gasteiger partial charge in [-0.25, -0.2) is 4.79 Å². The zero-order valence-corrected chi connectivity index (χ0v) is 10.5. The van der Waals surface area contributed by atoms with E-state index < -0.39 is 23.9 Å². The van der Waals surface area contributed by atoms with E-state index in [9.17, 15) is 14.4 Å². The standard InChI is InChI=1S/C13H13NO5/c1-7-3-4-8-9(5-7)12(16)14(11(8)15)6-10(19-2)13(17)18/h3-5,10H,6H2,1-2H3,(H,17,18). The molecule has 2 amide bonds. The Morgan fingerprint density at radius 3 is 2.53 bits per heavy atom. The molecule has 0 spiro atoms. The molecule has 19 heavy (non-hydrogen) atoms. The van der Waals surface area contributed by atoms with Crippen molar-refractivity contribution in [3.05, 3.63) is 34.9 Å². The predicted octanol–water partition coefficient (Wildman–Crippen LogP) is 0.691. The Hall–Kier alpha value is -2.21. The van der Waals surface area contributed by atoms with Crippen LogP contribution in [0, 0.1) is 6.92 Å². The van der Waals surface area contributed by atoms with Crippen molar-refractivity contribution in [1.82, 2.24) is 4.90 Å². The lowest BCUT2D eigenvalue weighted by Crippen LogP contribution is -2.41. The summed E-state index contributed by atoms with van der Waals surface area (Å²) in [4.78, 5) is 35.9. The van der Waals surface area contributed by atoms with Crippen molar-refractivity contribution in [3.8, 4) is 0 Å². The number of aliphatic carboxylic acids is 1. The van der Waals surface area contributed by atoms with Crippen LogP contribution >= 0.6 is 0 Å². The van der Waals surface area contributed by atoms with Gasteiger partial charge >= 0.3 is 5.97 Å². The summed E-state index contributed by atoms with van der Waals surface area (Å²) in [6.07, 6.45) is -1.22. The Labute approximate surface area is 109 Å². The van der Waals surface area contributed by atoms with Gasteiger partial charge in [-0.3, -0.25) is 14.5 Å². The van der Waals surface area contributed by atoms with Gasteiger partial charge in [0.05, 0.1) is 17.7 Å². The Balaban J connectivity index is 2.30. The number of rotatable bonds is 4. The van der Waals surface area contributed by atoms with Gasteiger partial charge in [-0.1, -0.05) is 11.6 Å². The summed E-state index contributed by atoms with van der Waals surface area (Å²) in [5.41, 5.74) is 1.48. The van der Waals surface area contributed by atoms with E-state index in [0.29, 0.717) is 11.1 Å². The number of aryl methyl sites for hydroxylation is 1. The van der Waals surface area contributed by atoms with E-state index in [2.05, 4.69) is 0 Å². The second-order valence-corrected chi connectivity index (χ2v) is 4.33. The molecule has 0 saturated carbocycles. The number of carbonyl (C=O) groups is 3. The number of fused-ring (bicyclic) bond motifs is 1. The highest BCUT2D eigenvalue weighted by atomic mass is 16.5. The fraction of sp³-hybridized carbons (Fsp3) is 0.308. The summed E-state index contributed by atoms with van der Waals surface area (Å²) in [6.45, 7) is 1.52. The average molecular weight is 263 g/mol. The SMILES string of the molecule is COC(CN1C(=O)c2ccc(C)cc2C1=O)C(=O)O. The zero-order valence-electron chi connectivity index (χ0n) is 10.5. The van der Waals surface area contributed by atoms with Crippen molar-refractivity contribution >= 4 is 17.8 Å². The van der Waals surface area contributed by atoms with E-state index in [1.54, 1.807) is 18.2 Å². The highest BCUT2D eigenvalue weighted by molar-refractivity contribution is 6.21. The number of methoxy groups -OCH3 is 1. The molecule has 1 aliphatic heterocycles. The van der Waals surface area contributed by atoms with Crippen LogP contribution in [0.1, 0.15) is 26.3 Å². The first kappa shape index (κ1) is 13.2. The molecule has 1 heterocycles. The first-order valence-electron chi connectivity index (χ1n) is 5.68. The number of ether oxygens (including phenoxy) is 1. The maximum Gasteiger partial charge on any atom is 0.334 e. The molecular weight excluding hydrogens is 250 g/mol. The third kappa shape index (κ3) is 2.22. The maximum absolute atomic E-state index is 12.1. The Morgan fingerprint density at radius 1 is 1.32 bits per heavy atom. The minimum absolute atomic E-state index is 0.294. The lowest BCUT2D eigenvalue weighted by molar-refractivity contribution is -0.148. The van der Waals surface area contributed by atoms with E-state index in [1.807, 2.05) is 6.92 Å². The van der Waals surface area contributed by atoms with Gasteiger partial charge in [0.25, 0.3) is 11.8 Å². The lowest BCUT2D eigenvalue weighted by atomic mass is 10.1. The van der Waals surface area contributed by atoms with Crippen LogP contribution in [0.15, 0.2) is 18.2 Å². The quantitative estimate of drug-likeness (QED) is 0.808.